The smallest absolute Gasteiger partial charge is 0.243 e. The molecule has 0 bridgehead atoms. The van der Waals surface area contributed by atoms with Crippen LogP contribution in [0, 0.1) is 0 Å². The number of nitrogens with zero attached hydrogens (tertiary/aromatic N) is 1. The minimum absolute atomic E-state index is 0.0419. The maximum absolute atomic E-state index is 12.7. The zero-order valence-electron chi connectivity index (χ0n) is 15.7. The summed E-state index contributed by atoms with van der Waals surface area (Å²) in [6, 6.07) is 13.8. The number of para-hydroxylation sites is 1. The SMILES string of the molecule is CCN(CC)S(=O)(=O)c1ccc(OC)c(NC(=O)CNc2ccccc2)c1. The summed E-state index contributed by atoms with van der Waals surface area (Å²) in [5.41, 5.74) is 1.13. The molecule has 2 rings (SSSR count). The number of anilines is 2. The fraction of sp³-hybridized carbons (Fsp3) is 0.316. The van der Waals surface area contributed by atoms with Gasteiger partial charge in [-0.3, -0.25) is 4.79 Å². The lowest BCUT2D eigenvalue weighted by molar-refractivity contribution is -0.114. The number of benzene rings is 2. The van der Waals surface area contributed by atoms with E-state index in [-0.39, 0.29) is 17.3 Å². The third-order valence-electron chi connectivity index (χ3n) is 4.02. The molecular formula is C19H25N3O4S. The van der Waals surface area contributed by atoms with E-state index in [1.165, 1.54) is 29.6 Å². The Hall–Kier alpha value is -2.58. The average Bonchev–Trinajstić information content (AvgIpc) is 2.68. The lowest BCUT2D eigenvalue weighted by Gasteiger charge is -2.19. The molecule has 2 N–H and O–H groups in total. The normalized spacial score (nSPS) is 11.3. The highest BCUT2D eigenvalue weighted by atomic mass is 32.2. The monoisotopic (exact) mass is 391 g/mol. The van der Waals surface area contributed by atoms with Gasteiger partial charge in [0.1, 0.15) is 5.75 Å². The van der Waals surface area contributed by atoms with Crippen LogP contribution in [-0.4, -0.2) is 45.4 Å². The molecule has 0 saturated heterocycles. The third-order valence-corrected chi connectivity index (χ3v) is 6.06. The maximum Gasteiger partial charge on any atom is 0.243 e. The number of carbonyl (C=O) groups excluding carboxylic acids is 1. The van der Waals surface area contributed by atoms with Crippen LogP contribution in [0.3, 0.4) is 0 Å². The predicted molar refractivity (Wildman–Crippen MR) is 107 cm³/mol. The fourth-order valence-corrected chi connectivity index (χ4v) is 4.08. The first-order valence-electron chi connectivity index (χ1n) is 8.69. The second-order valence-corrected chi connectivity index (χ2v) is 7.66. The van der Waals surface area contributed by atoms with Crippen LogP contribution in [0.25, 0.3) is 0 Å². The summed E-state index contributed by atoms with van der Waals surface area (Å²) >= 11 is 0. The van der Waals surface area contributed by atoms with Crippen LogP contribution in [-0.2, 0) is 14.8 Å². The van der Waals surface area contributed by atoms with E-state index in [0.29, 0.717) is 24.5 Å². The van der Waals surface area contributed by atoms with Crippen molar-refractivity contribution < 1.29 is 17.9 Å². The Morgan fingerprint density at radius 3 is 2.33 bits per heavy atom. The van der Waals surface area contributed by atoms with Crippen molar-refractivity contribution in [2.75, 3.05) is 37.4 Å². The van der Waals surface area contributed by atoms with Gasteiger partial charge in [-0.05, 0) is 30.3 Å². The molecule has 0 aliphatic heterocycles. The molecule has 2 aromatic carbocycles. The molecule has 0 spiro atoms. The van der Waals surface area contributed by atoms with E-state index in [0.717, 1.165) is 5.69 Å². The van der Waals surface area contributed by atoms with E-state index >= 15 is 0 Å². The molecule has 0 aromatic heterocycles. The number of carbonyl (C=O) groups is 1. The molecule has 7 nitrogen and oxygen atoms in total. The molecular weight excluding hydrogens is 366 g/mol. The minimum atomic E-state index is -3.63. The number of amides is 1. The van der Waals surface area contributed by atoms with Crippen LogP contribution in [0.5, 0.6) is 5.75 Å². The topological polar surface area (TPSA) is 87.7 Å². The van der Waals surface area contributed by atoms with Gasteiger partial charge in [0, 0.05) is 18.8 Å². The van der Waals surface area contributed by atoms with Crippen molar-refractivity contribution in [1.82, 2.24) is 4.31 Å². The second kappa shape index (κ2) is 9.38. The zero-order chi connectivity index (χ0) is 19.9. The van der Waals surface area contributed by atoms with Crippen LogP contribution in [0.4, 0.5) is 11.4 Å². The molecule has 1 amide bonds. The Bertz CT molecular complexity index is 866. The second-order valence-electron chi connectivity index (χ2n) is 5.72. The number of sulfonamides is 1. The molecule has 0 fully saturated rings. The van der Waals surface area contributed by atoms with Gasteiger partial charge in [0.15, 0.2) is 0 Å². The first-order valence-corrected chi connectivity index (χ1v) is 10.1. The predicted octanol–water partition coefficient (Wildman–Crippen LogP) is 2.78. The van der Waals surface area contributed by atoms with Crippen molar-refractivity contribution in [2.24, 2.45) is 0 Å². The molecule has 2 aromatic rings. The van der Waals surface area contributed by atoms with Gasteiger partial charge >= 0.3 is 0 Å². The van der Waals surface area contributed by atoms with E-state index in [1.807, 2.05) is 30.3 Å². The molecule has 0 atom stereocenters. The van der Waals surface area contributed by atoms with Gasteiger partial charge in [-0.1, -0.05) is 32.0 Å². The summed E-state index contributed by atoms with van der Waals surface area (Å²) < 4.78 is 32.0. The molecule has 0 saturated carbocycles. The summed E-state index contributed by atoms with van der Waals surface area (Å²) in [5.74, 6) is 0.0797. The Morgan fingerprint density at radius 1 is 1.07 bits per heavy atom. The molecule has 0 aliphatic rings. The molecule has 0 heterocycles. The number of ether oxygens (including phenoxy) is 1. The van der Waals surface area contributed by atoms with E-state index in [1.54, 1.807) is 13.8 Å². The largest absolute Gasteiger partial charge is 0.495 e. The van der Waals surface area contributed by atoms with E-state index < -0.39 is 10.0 Å². The fourth-order valence-electron chi connectivity index (χ4n) is 2.59. The Kier molecular flexibility index (Phi) is 7.20. The number of hydrogen-bond donors (Lipinski definition) is 2. The Labute approximate surface area is 160 Å². The van der Waals surface area contributed by atoms with Crippen molar-refractivity contribution in [2.45, 2.75) is 18.7 Å². The summed E-state index contributed by atoms with van der Waals surface area (Å²) in [4.78, 5) is 12.4. The van der Waals surface area contributed by atoms with Crippen LogP contribution in [0.15, 0.2) is 53.4 Å². The van der Waals surface area contributed by atoms with Gasteiger partial charge in [0.2, 0.25) is 15.9 Å². The summed E-state index contributed by atoms with van der Waals surface area (Å²) in [5, 5.41) is 5.71. The highest BCUT2D eigenvalue weighted by Gasteiger charge is 2.23. The highest BCUT2D eigenvalue weighted by molar-refractivity contribution is 7.89. The lowest BCUT2D eigenvalue weighted by atomic mass is 10.3. The van der Waals surface area contributed by atoms with Crippen LogP contribution in [0.2, 0.25) is 0 Å². The van der Waals surface area contributed by atoms with Gasteiger partial charge in [-0.25, -0.2) is 8.42 Å². The van der Waals surface area contributed by atoms with Gasteiger partial charge in [0.25, 0.3) is 0 Å². The van der Waals surface area contributed by atoms with Crippen molar-refractivity contribution in [1.29, 1.82) is 0 Å². The van der Waals surface area contributed by atoms with E-state index in [9.17, 15) is 13.2 Å². The van der Waals surface area contributed by atoms with Gasteiger partial charge in [-0.2, -0.15) is 4.31 Å². The molecule has 146 valence electrons. The zero-order valence-corrected chi connectivity index (χ0v) is 16.5. The van der Waals surface area contributed by atoms with E-state index in [2.05, 4.69) is 10.6 Å². The highest BCUT2D eigenvalue weighted by Crippen LogP contribution is 2.29. The Balaban J connectivity index is 2.18. The molecule has 27 heavy (non-hydrogen) atoms. The van der Waals surface area contributed by atoms with Crippen molar-refractivity contribution in [3.05, 3.63) is 48.5 Å². The summed E-state index contributed by atoms with van der Waals surface area (Å²) in [6.45, 7) is 4.34. The molecule has 0 aliphatic carbocycles. The van der Waals surface area contributed by atoms with Crippen molar-refractivity contribution in [3.63, 3.8) is 0 Å². The first-order chi connectivity index (χ1) is 12.9. The van der Waals surface area contributed by atoms with Gasteiger partial charge in [-0.15, -0.1) is 0 Å². The summed E-state index contributed by atoms with van der Waals surface area (Å²) in [7, 11) is -2.16. The maximum atomic E-state index is 12.7. The number of rotatable bonds is 9. The number of methoxy groups -OCH3 is 1. The van der Waals surface area contributed by atoms with E-state index in [4.69, 9.17) is 4.74 Å². The van der Waals surface area contributed by atoms with Crippen LogP contribution < -0.4 is 15.4 Å². The number of hydrogen-bond acceptors (Lipinski definition) is 5. The lowest BCUT2D eigenvalue weighted by Crippen LogP contribution is -2.30. The standard InChI is InChI=1S/C19H25N3O4S/c1-4-22(5-2)27(24,25)16-11-12-18(26-3)17(13-16)21-19(23)14-20-15-9-7-6-8-10-15/h6-13,20H,4-5,14H2,1-3H3,(H,21,23). The third kappa shape index (κ3) is 5.21. The average molecular weight is 391 g/mol. The van der Waals surface area contributed by atoms with Crippen LogP contribution >= 0.6 is 0 Å². The van der Waals surface area contributed by atoms with Gasteiger partial charge in [0.05, 0.1) is 24.2 Å². The van der Waals surface area contributed by atoms with Gasteiger partial charge < -0.3 is 15.4 Å². The minimum Gasteiger partial charge on any atom is -0.495 e. The van der Waals surface area contributed by atoms with Crippen molar-refractivity contribution in [3.8, 4) is 5.75 Å². The molecule has 0 radical (unpaired) electrons. The molecule has 0 unspecified atom stereocenters. The first kappa shape index (κ1) is 20.7. The number of nitrogens with one attached hydrogen (secondary N) is 2. The summed E-state index contributed by atoms with van der Waals surface area (Å²) in [6.07, 6.45) is 0. The Morgan fingerprint density at radius 2 is 1.74 bits per heavy atom. The molecule has 8 heteroatoms. The quantitative estimate of drug-likeness (QED) is 0.686. The van der Waals surface area contributed by atoms with Crippen molar-refractivity contribution >= 4 is 27.3 Å². The van der Waals surface area contributed by atoms with Crippen LogP contribution in [0.1, 0.15) is 13.8 Å².